The predicted molar refractivity (Wildman–Crippen MR) is 52.6 cm³/mol. The molecule has 0 spiro atoms. The number of aromatic amines is 1. The van der Waals surface area contributed by atoms with E-state index in [1.165, 1.54) is 12.1 Å². The monoisotopic (exact) mass is 207 g/mol. The van der Waals surface area contributed by atoms with Crippen LogP contribution in [0.15, 0.2) is 18.2 Å². The van der Waals surface area contributed by atoms with E-state index < -0.39 is 0 Å². The average Bonchev–Trinajstić information content (AvgIpc) is 2.69. The van der Waals surface area contributed by atoms with Gasteiger partial charge < -0.3 is 5.32 Å². The minimum absolute atomic E-state index is 0.226. The van der Waals surface area contributed by atoms with Crippen molar-refractivity contribution in [2.24, 2.45) is 0 Å². The van der Waals surface area contributed by atoms with Crippen LogP contribution in [0.3, 0.4) is 0 Å². The Morgan fingerprint density at radius 2 is 2.33 bits per heavy atom. The number of halogens is 1. The van der Waals surface area contributed by atoms with Crippen LogP contribution in [0.4, 0.5) is 10.3 Å². The highest BCUT2D eigenvalue weighted by atomic mass is 19.1. The lowest BCUT2D eigenvalue weighted by atomic mass is 10.1. The van der Waals surface area contributed by atoms with E-state index in [2.05, 4.69) is 25.9 Å². The van der Waals surface area contributed by atoms with E-state index in [9.17, 15) is 4.39 Å². The summed E-state index contributed by atoms with van der Waals surface area (Å²) in [5.41, 5.74) is 1.90. The van der Waals surface area contributed by atoms with Gasteiger partial charge in [-0.15, -0.1) is 5.10 Å². The molecule has 6 heteroatoms. The zero-order chi connectivity index (χ0) is 10.7. The standard InChI is InChI=1S/C9H10FN5/c1-6-4-8(10)3-2-7(6)5-11-9-12-14-15-13-9/h2-4H,5H2,1H3,(H2,11,12,13,14,15). The smallest absolute Gasteiger partial charge is 0.263 e. The minimum Gasteiger partial charge on any atom is -0.348 e. The van der Waals surface area contributed by atoms with E-state index in [-0.39, 0.29) is 5.82 Å². The lowest BCUT2D eigenvalue weighted by Gasteiger charge is -2.05. The van der Waals surface area contributed by atoms with Gasteiger partial charge in [-0.3, -0.25) is 0 Å². The molecule has 0 amide bonds. The fourth-order valence-electron chi connectivity index (χ4n) is 1.27. The molecule has 2 aromatic rings. The van der Waals surface area contributed by atoms with Crippen molar-refractivity contribution in [1.29, 1.82) is 0 Å². The number of aromatic nitrogens is 4. The van der Waals surface area contributed by atoms with Gasteiger partial charge >= 0.3 is 0 Å². The van der Waals surface area contributed by atoms with Crippen LogP contribution in [-0.2, 0) is 6.54 Å². The highest BCUT2D eigenvalue weighted by molar-refractivity contribution is 5.30. The van der Waals surface area contributed by atoms with Crippen LogP contribution in [0, 0.1) is 12.7 Å². The van der Waals surface area contributed by atoms with Crippen molar-refractivity contribution in [3.63, 3.8) is 0 Å². The van der Waals surface area contributed by atoms with Crippen molar-refractivity contribution in [3.05, 3.63) is 35.1 Å². The van der Waals surface area contributed by atoms with E-state index in [0.29, 0.717) is 12.5 Å². The van der Waals surface area contributed by atoms with Crippen molar-refractivity contribution >= 4 is 5.95 Å². The lowest BCUT2D eigenvalue weighted by molar-refractivity contribution is 0.625. The molecule has 2 N–H and O–H groups in total. The Bertz CT molecular complexity index is 440. The number of rotatable bonds is 3. The van der Waals surface area contributed by atoms with Crippen molar-refractivity contribution in [2.45, 2.75) is 13.5 Å². The first-order valence-corrected chi connectivity index (χ1v) is 4.48. The van der Waals surface area contributed by atoms with Gasteiger partial charge in [0.15, 0.2) is 0 Å². The van der Waals surface area contributed by atoms with Gasteiger partial charge in [0, 0.05) is 6.54 Å². The summed E-state index contributed by atoms with van der Waals surface area (Å²) in [4.78, 5) is 0. The third-order valence-corrected chi connectivity index (χ3v) is 2.09. The molecule has 0 aliphatic heterocycles. The first kappa shape index (κ1) is 9.57. The number of tetrazole rings is 1. The molecule has 0 bridgehead atoms. The van der Waals surface area contributed by atoms with E-state index in [4.69, 9.17) is 0 Å². The summed E-state index contributed by atoms with van der Waals surface area (Å²) < 4.78 is 12.8. The van der Waals surface area contributed by atoms with Crippen LogP contribution >= 0.6 is 0 Å². The summed E-state index contributed by atoms with van der Waals surface area (Å²) in [5, 5.41) is 16.2. The minimum atomic E-state index is -0.226. The van der Waals surface area contributed by atoms with Crippen LogP contribution in [-0.4, -0.2) is 20.6 Å². The van der Waals surface area contributed by atoms with E-state index in [0.717, 1.165) is 11.1 Å². The van der Waals surface area contributed by atoms with Crippen molar-refractivity contribution in [3.8, 4) is 0 Å². The zero-order valence-electron chi connectivity index (χ0n) is 8.16. The third-order valence-electron chi connectivity index (χ3n) is 2.09. The fraction of sp³-hybridized carbons (Fsp3) is 0.222. The SMILES string of the molecule is Cc1cc(F)ccc1CNc1nn[nH]n1. The Labute approximate surface area is 85.7 Å². The quantitative estimate of drug-likeness (QED) is 0.795. The molecule has 2 rings (SSSR count). The Kier molecular flexibility index (Phi) is 2.57. The van der Waals surface area contributed by atoms with Gasteiger partial charge in [0.05, 0.1) is 0 Å². The second kappa shape index (κ2) is 4.04. The summed E-state index contributed by atoms with van der Waals surface area (Å²) in [6.45, 7) is 2.40. The zero-order valence-corrected chi connectivity index (χ0v) is 8.16. The van der Waals surface area contributed by atoms with Gasteiger partial charge in [-0.2, -0.15) is 5.21 Å². The molecule has 78 valence electrons. The summed E-state index contributed by atoms with van der Waals surface area (Å²) in [6, 6.07) is 4.66. The maximum Gasteiger partial charge on any atom is 0.263 e. The fourth-order valence-corrected chi connectivity index (χ4v) is 1.27. The van der Waals surface area contributed by atoms with Crippen LogP contribution in [0.1, 0.15) is 11.1 Å². The molecule has 1 aromatic carbocycles. The highest BCUT2D eigenvalue weighted by Gasteiger charge is 2.01. The normalized spacial score (nSPS) is 10.3. The molecule has 0 aliphatic rings. The molecule has 1 heterocycles. The molecular formula is C9H10FN5. The number of anilines is 1. The third kappa shape index (κ3) is 2.28. The van der Waals surface area contributed by atoms with Gasteiger partial charge in [0.25, 0.3) is 5.95 Å². The molecule has 0 aliphatic carbocycles. The van der Waals surface area contributed by atoms with Crippen LogP contribution < -0.4 is 5.32 Å². The first-order chi connectivity index (χ1) is 7.25. The number of hydrogen-bond acceptors (Lipinski definition) is 4. The van der Waals surface area contributed by atoms with E-state index >= 15 is 0 Å². The van der Waals surface area contributed by atoms with Gasteiger partial charge in [-0.25, -0.2) is 4.39 Å². The Morgan fingerprint density at radius 1 is 1.47 bits per heavy atom. The molecule has 0 atom stereocenters. The molecule has 0 unspecified atom stereocenters. The predicted octanol–water partition coefficient (Wildman–Crippen LogP) is 1.26. The second-order valence-electron chi connectivity index (χ2n) is 3.16. The average molecular weight is 207 g/mol. The topological polar surface area (TPSA) is 66.5 Å². The number of nitrogens with zero attached hydrogens (tertiary/aromatic N) is 3. The first-order valence-electron chi connectivity index (χ1n) is 4.48. The summed E-state index contributed by atoms with van der Waals surface area (Å²) >= 11 is 0. The number of hydrogen-bond donors (Lipinski definition) is 2. The number of benzene rings is 1. The Morgan fingerprint density at radius 3 is 3.00 bits per heavy atom. The summed E-state index contributed by atoms with van der Waals surface area (Å²) in [6.07, 6.45) is 0. The van der Waals surface area contributed by atoms with Crippen LogP contribution in [0.5, 0.6) is 0 Å². The molecule has 0 fully saturated rings. The number of aryl methyl sites for hydroxylation is 1. The largest absolute Gasteiger partial charge is 0.348 e. The van der Waals surface area contributed by atoms with Crippen LogP contribution in [0.25, 0.3) is 0 Å². The molecule has 0 saturated carbocycles. The highest BCUT2D eigenvalue weighted by Crippen LogP contribution is 2.10. The van der Waals surface area contributed by atoms with Gasteiger partial charge in [-0.05, 0) is 35.4 Å². The van der Waals surface area contributed by atoms with Crippen molar-refractivity contribution in [1.82, 2.24) is 20.6 Å². The maximum absolute atomic E-state index is 12.8. The van der Waals surface area contributed by atoms with Gasteiger partial charge in [0.2, 0.25) is 0 Å². The molecule has 5 nitrogen and oxygen atoms in total. The Balaban J connectivity index is 2.05. The van der Waals surface area contributed by atoms with E-state index in [1.54, 1.807) is 6.07 Å². The summed E-state index contributed by atoms with van der Waals surface area (Å²) in [5.74, 6) is 0.203. The van der Waals surface area contributed by atoms with Crippen LogP contribution in [0.2, 0.25) is 0 Å². The molecule has 0 radical (unpaired) electrons. The van der Waals surface area contributed by atoms with Crippen molar-refractivity contribution in [2.75, 3.05) is 5.32 Å². The van der Waals surface area contributed by atoms with Crippen molar-refractivity contribution < 1.29 is 4.39 Å². The maximum atomic E-state index is 12.8. The summed E-state index contributed by atoms with van der Waals surface area (Å²) in [7, 11) is 0. The molecular weight excluding hydrogens is 197 g/mol. The Hall–Kier alpha value is -1.98. The number of nitrogens with one attached hydrogen (secondary N) is 2. The van der Waals surface area contributed by atoms with E-state index in [1.807, 2.05) is 6.92 Å². The second-order valence-corrected chi connectivity index (χ2v) is 3.16. The van der Waals surface area contributed by atoms with Gasteiger partial charge in [0.1, 0.15) is 5.82 Å². The number of H-pyrrole nitrogens is 1. The molecule has 1 aromatic heterocycles. The molecule has 15 heavy (non-hydrogen) atoms. The van der Waals surface area contributed by atoms with Gasteiger partial charge in [-0.1, -0.05) is 11.2 Å². The molecule has 0 saturated heterocycles. The lowest BCUT2D eigenvalue weighted by Crippen LogP contribution is -2.03.